The van der Waals surface area contributed by atoms with Crippen LogP contribution >= 0.6 is 11.6 Å². The number of aromatic nitrogens is 1. The molecule has 0 spiro atoms. The number of halogens is 2. The second-order valence-electron chi connectivity index (χ2n) is 5.06. The monoisotopic (exact) mass is 293 g/mol. The molecule has 1 aliphatic rings. The number of carbonyl (C=O) groups is 1. The Hall–Kier alpha value is -1.68. The predicted molar refractivity (Wildman–Crippen MR) is 74.9 cm³/mol. The van der Waals surface area contributed by atoms with Crippen molar-refractivity contribution in [1.29, 1.82) is 0 Å². The van der Waals surface area contributed by atoms with Crippen LogP contribution in [0.5, 0.6) is 0 Å². The Morgan fingerprint density at radius 1 is 1.25 bits per heavy atom. The van der Waals surface area contributed by atoms with Crippen molar-refractivity contribution in [3.63, 3.8) is 0 Å². The van der Waals surface area contributed by atoms with Gasteiger partial charge in [-0.15, -0.1) is 0 Å². The number of aromatic carboxylic acids is 1. The van der Waals surface area contributed by atoms with Crippen LogP contribution in [0.2, 0.25) is 5.02 Å². The van der Waals surface area contributed by atoms with Gasteiger partial charge in [-0.1, -0.05) is 18.0 Å². The van der Waals surface area contributed by atoms with Crippen molar-refractivity contribution in [3.05, 3.63) is 39.8 Å². The molecule has 0 saturated heterocycles. The smallest absolute Gasteiger partial charge is 0.336 e. The number of nitrogens with zero attached hydrogens (tertiary/aromatic N) is 1. The van der Waals surface area contributed by atoms with Crippen LogP contribution in [0.3, 0.4) is 0 Å². The van der Waals surface area contributed by atoms with Crippen molar-refractivity contribution in [2.24, 2.45) is 0 Å². The van der Waals surface area contributed by atoms with Crippen LogP contribution in [0, 0.1) is 5.82 Å². The molecular formula is C15H13ClFNO2. The third kappa shape index (κ3) is 2.14. The summed E-state index contributed by atoms with van der Waals surface area (Å²) in [6.07, 6.45) is 4.45. The molecule has 20 heavy (non-hydrogen) atoms. The highest BCUT2D eigenvalue weighted by Gasteiger charge is 2.22. The molecule has 1 aromatic carbocycles. The zero-order chi connectivity index (χ0) is 14.3. The third-order valence-electron chi connectivity index (χ3n) is 3.77. The van der Waals surface area contributed by atoms with Gasteiger partial charge in [0.2, 0.25) is 0 Å². The van der Waals surface area contributed by atoms with Crippen LogP contribution in [0.25, 0.3) is 10.9 Å². The zero-order valence-corrected chi connectivity index (χ0v) is 11.5. The number of benzene rings is 1. The zero-order valence-electron chi connectivity index (χ0n) is 10.7. The normalized spacial score (nSPS) is 14.9. The first-order valence-electron chi connectivity index (χ1n) is 6.61. The highest BCUT2D eigenvalue weighted by atomic mass is 35.5. The minimum absolute atomic E-state index is 0.0737. The van der Waals surface area contributed by atoms with Crippen LogP contribution < -0.4 is 0 Å². The fourth-order valence-corrected chi connectivity index (χ4v) is 3.00. The van der Waals surface area contributed by atoms with Gasteiger partial charge in [0.05, 0.1) is 16.1 Å². The van der Waals surface area contributed by atoms with E-state index in [9.17, 15) is 14.3 Å². The number of aryl methyl sites for hydroxylation is 1. The Morgan fingerprint density at radius 3 is 2.75 bits per heavy atom. The summed E-state index contributed by atoms with van der Waals surface area (Å²) >= 11 is 5.78. The molecule has 0 atom stereocenters. The van der Waals surface area contributed by atoms with E-state index in [0.29, 0.717) is 17.3 Å². The SMILES string of the molecule is O=C(O)c1c2c(nc3cc(F)c(Cl)cc13)CCCCC2. The molecule has 1 heterocycles. The van der Waals surface area contributed by atoms with Crippen LogP contribution in [0.15, 0.2) is 12.1 Å². The summed E-state index contributed by atoms with van der Waals surface area (Å²) in [5, 5.41) is 9.87. The molecule has 0 saturated carbocycles. The fraction of sp³-hybridized carbons (Fsp3) is 0.333. The Bertz CT molecular complexity index is 715. The summed E-state index contributed by atoms with van der Waals surface area (Å²) in [4.78, 5) is 16.1. The molecule has 2 aromatic rings. The maximum absolute atomic E-state index is 13.6. The van der Waals surface area contributed by atoms with E-state index in [1.165, 1.54) is 12.1 Å². The first-order valence-corrected chi connectivity index (χ1v) is 6.99. The van der Waals surface area contributed by atoms with E-state index >= 15 is 0 Å². The lowest BCUT2D eigenvalue weighted by Gasteiger charge is -2.13. The van der Waals surface area contributed by atoms with Gasteiger partial charge >= 0.3 is 5.97 Å². The molecule has 0 radical (unpaired) electrons. The molecular weight excluding hydrogens is 281 g/mol. The number of rotatable bonds is 1. The molecule has 0 bridgehead atoms. The predicted octanol–water partition coefficient (Wildman–Crippen LogP) is 3.99. The quantitative estimate of drug-likeness (QED) is 0.809. The Balaban J connectivity index is 2.39. The van der Waals surface area contributed by atoms with E-state index in [0.717, 1.165) is 36.9 Å². The Morgan fingerprint density at radius 2 is 2.00 bits per heavy atom. The van der Waals surface area contributed by atoms with Gasteiger partial charge in [0.25, 0.3) is 0 Å². The van der Waals surface area contributed by atoms with Crippen molar-refractivity contribution in [2.45, 2.75) is 32.1 Å². The van der Waals surface area contributed by atoms with Gasteiger partial charge in [-0.3, -0.25) is 4.98 Å². The van der Waals surface area contributed by atoms with Gasteiger partial charge in [0.1, 0.15) is 5.82 Å². The van der Waals surface area contributed by atoms with Gasteiger partial charge in [0.15, 0.2) is 0 Å². The van der Waals surface area contributed by atoms with E-state index in [-0.39, 0.29) is 10.6 Å². The van der Waals surface area contributed by atoms with Gasteiger partial charge < -0.3 is 5.11 Å². The lowest BCUT2D eigenvalue weighted by Crippen LogP contribution is -2.09. The summed E-state index contributed by atoms with van der Waals surface area (Å²) in [7, 11) is 0. The highest BCUT2D eigenvalue weighted by molar-refractivity contribution is 6.31. The number of hydrogen-bond acceptors (Lipinski definition) is 2. The van der Waals surface area contributed by atoms with E-state index in [2.05, 4.69) is 4.98 Å². The number of carboxylic acids is 1. The second kappa shape index (κ2) is 5.02. The minimum atomic E-state index is -1.00. The molecule has 0 unspecified atom stereocenters. The second-order valence-corrected chi connectivity index (χ2v) is 5.47. The van der Waals surface area contributed by atoms with Crippen LogP contribution in [-0.4, -0.2) is 16.1 Å². The van der Waals surface area contributed by atoms with Crippen LogP contribution in [0.1, 0.15) is 40.9 Å². The molecule has 0 amide bonds. The van der Waals surface area contributed by atoms with Crippen molar-refractivity contribution in [2.75, 3.05) is 0 Å². The van der Waals surface area contributed by atoms with Crippen molar-refractivity contribution in [1.82, 2.24) is 4.98 Å². The number of carboxylic acid groups (broad SMARTS) is 1. The average Bonchev–Trinajstić information content (AvgIpc) is 2.62. The van der Waals surface area contributed by atoms with Crippen molar-refractivity contribution >= 4 is 28.5 Å². The fourth-order valence-electron chi connectivity index (χ4n) is 2.84. The van der Waals surface area contributed by atoms with E-state index < -0.39 is 11.8 Å². The maximum Gasteiger partial charge on any atom is 0.336 e. The number of hydrogen-bond donors (Lipinski definition) is 1. The molecule has 104 valence electrons. The van der Waals surface area contributed by atoms with Crippen molar-refractivity contribution in [3.8, 4) is 0 Å². The number of fused-ring (bicyclic) bond motifs is 2. The molecule has 5 heteroatoms. The summed E-state index contributed by atoms with van der Waals surface area (Å²) < 4.78 is 13.6. The minimum Gasteiger partial charge on any atom is -0.478 e. The maximum atomic E-state index is 13.6. The van der Waals surface area contributed by atoms with Gasteiger partial charge in [0, 0.05) is 17.1 Å². The van der Waals surface area contributed by atoms with Gasteiger partial charge in [-0.25, -0.2) is 9.18 Å². The van der Waals surface area contributed by atoms with E-state index in [1.54, 1.807) is 0 Å². The third-order valence-corrected chi connectivity index (χ3v) is 4.06. The lowest BCUT2D eigenvalue weighted by atomic mass is 9.97. The highest BCUT2D eigenvalue weighted by Crippen LogP contribution is 2.31. The molecule has 0 aliphatic heterocycles. The van der Waals surface area contributed by atoms with E-state index in [4.69, 9.17) is 11.6 Å². The molecule has 3 rings (SSSR count). The molecule has 3 nitrogen and oxygen atoms in total. The molecule has 1 aliphatic carbocycles. The molecule has 0 fully saturated rings. The topological polar surface area (TPSA) is 50.2 Å². The van der Waals surface area contributed by atoms with Crippen LogP contribution in [-0.2, 0) is 12.8 Å². The average molecular weight is 294 g/mol. The first kappa shape index (κ1) is 13.3. The van der Waals surface area contributed by atoms with Gasteiger partial charge in [-0.2, -0.15) is 0 Å². The largest absolute Gasteiger partial charge is 0.478 e. The molecule has 1 aromatic heterocycles. The Labute approximate surface area is 120 Å². The first-order chi connectivity index (χ1) is 9.58. The molecule has 1 N–H and O–H groups in total. The van der Waals surface area contributed by atoms with E-state index in [1.807, 2.05) is 0 Å². The summed E-state index contributed by atoms with van der Waals surface area (Å²) in [5.41, 5.74) is 2.16. The standard InChI is InChI=1S/C15H13ClFNO2/c16-10-6-9-13(7-11(10)17)18-12-5-3-1-2-4-8(12)14(9)15(19)20/h6-7H,1-5H2,(H,19,20). The number of pyridine rings is 1. The summed E-state index contributed by atoms with van der Waals surface area (Å²) in [6, 6.07) is 2.59. The van der Waals surface area contributed by atoms with Crippen molar-refractivity contribution < 1.29 is 14.3 Å². The summed E-state index contributed by atoms with van der Waals surface area (Å²) in [6.45, 7) is 0. The summed E-state index contributed by atoms with van der Waals surface area (Å²) in [5.74, 6) is -1.57. The Kier molecular flexibility index (Phi) is 3.34. The van der Waals surface area contributed by atoms with Gasteiger partial charge in [-0.05, 0) is 37.3 Å². The van der Waals surface area contributed by atoms with Crippen LogP contribution in [0.4, 0.5) is 4.39 Å². The lowest BCUT2D eigenvalue weighted by molar-refractivity contribution is 0.0697.